The Balaban J connectivity index is 2.43. The predicted molar refractivity (Wildman–Crippen MR) is 57.0 cm³/mol. The zero-order valence-electron chi connectivity index (χ0n) is 8.71. The Labute approximate surface area is 95.5 Å². The molecule has 1 aromatic heterocycles. The number of oxazole rings is 1. The molecular weight excluding hydrogens is 226 g/mol. The number of carboxylic acid groups (broad SMARTS) is 1. The normalized spacial score (nSPS) is 10.6. The molecule has 88 valence electrons. The molecule has 17 heavy (non-hydrogen) atoms. The fourth-order valence-electron chi connectivity index (χ4n) is 1.49. The topological polar surface area (TPSA) is 101 Å². The third kappa shape index (κ3) is 2.10. The highest BCUT2D eigenvalue weighted by Gasteiger charge is 2.13. The van der Waals surface area contributed by atoms with Crippen LogP contribution < -0.4 is 0 Å². The molecule has 0 aliphatic heterocycles. The van der Waals surface area contributed by atoms with E-state index in [1.807, 2.05) is 0 Å². The molecule has 6 nitrogen and oxygen atoms in total. The van der Waals surface area contributed by atoms with Crippen LogP contribution in [0, 0.1) is 0 Å². The standard InChI is InChI=1S/C11H9NO5/c13-5-6-7(14)1-2-8-11(6)12-9(17-8)3-4-10(15)16/h1-2,5,14H,3-4H2,(H,15,16). The number of carbonyl (C=O) groups is 2. The Hall–Kier alpha value is -2.37. The van der Waals surface area contributed by atoms with Crippen molar-refractivity contribution >= 4 is 23.4 Å². The van der Waals surface area contributed by atoms with Gasteiger partial charge in [-0.15, -0.1) is 0 Å². The summed E-state index contributed by atoms with van der Waals surface area (Å²) in [7, 11) is 0. The summed E-state index contributed by atoms with van der Waals surface area (Å²) in [5.41, 5.74) is 0.651. The molecule has 1 heterocycles. The van der Waals surface area contributed by atoms with Gasteiger partial charge in [0.25, 0.3) is 0 Å². The number of fused-ring (bicyclic) bond motifs is 1. The van der Waals surface area contributed by atoms with Gasteiger partial charge in [0.2, 0.25) is 0 Å². The molecule has 0 radical (unpaired) electrons. The number of phenolic OH excluding ortho intramolecular Hbond substituents is 1. The van der Waals surface area contributed by atoms with Crippen molar-refractivity contribution in [2.75, 3.05) is 0 Å². The lowest BCUT2D eigenvalue weighted by molar-refractivity contribution is -0.137. The Morgan fingerprint density at radius 3 is 2.88 bits per heavy atom. The van der Waals surface area contributed by atoms with Crippen LogP contribution in [0.25, 0.3) is 11.1 Å². The first kappa shape index (κ1) is 11.1. The summed E-state index contributed by atoms with van der Waals surface area (Å²) in [6.07, 6.45) is 0.527. The predicted octanol–water partition coefficient (Wildman–Crippen LogP) is 1.36. The Bertz CT molecular complexity index is 587. The summed E-state index contributed by atoms with van der Waals surface area (Å²) in [5, 5.41) is 18.0. The van der Waals surface area contributed by atoms with Crippen LogP contribution in [0.1, 0.15) is 22.7 Å². The number of aldehydes is 1. The average molecular weight is 235 g/mol. The second-order valence-electron chi connectivity index (χ2n) is 3.46. The van der Waals surface area contributed by atoms with Gasteiger partial charge in [0.05, 0.1) is 12.0 Å². The number of aromatic nitrogens is 1. The fourth-order valence-corrected chi connectivity index (χ4v) is 1.49. The van der Waals surface area contributed by atoms with Gasteiger partial charge in [-0.1, -0.05) is 0 Å². The third-order valence-corrected chi connectivity index (χ3v) is 2.29. The maximum absolute atomic E-state index is 10.8. The zero-order valence-corrected chi connectivity index (χ0v) is 8.71. The van der Waals surface area contributed by atoms with Crippen LogP contribution in [0.4, 0.5) is 0 Å². The molecule has 0 amide bonds. The molecular formula is C11H9NO5. The van der Waals surface area contributed by atoms with Gasteiger partial charge in [-0.05, 0) is 12.1 Å². The summed E-state index contributed by atoms with van der Waals surface area (Å²) in [5.74, 6) is -0.896. The van der Waals surface area contributed by atoms with Crippen molar-refractivity contribution in [3.8, 4) is 5.75 Å². The first-order chi connectivity index (χ1) is 8.11. The van der Waals surface area contributed by atoms with Crippen LogP contribution in [-0.4, -0.2) is 27.5 Å². The Morgan fingerprint density at radius 2 is 2.24 bits per heavy atom. The Kier molecular flexibility index (Phi) is 2.78. The number of rotatable bonds is 4. The van der Waals surface area contributed by atoms with E-state index >= 15 is 0 Å². The molecule has 0 saturated carbocycles. The van der Waals surface area contributed by atoms with E-state index in [9.17, 15) is 14.7 Å². The molecule has 0 spiro atoms. The van der Waals surface area contributed by atoms with Crippen LogP contribution in [0.5, 0.6) is 5.75 Å². The van der Waals surface area contributed by atoms with Crippen LogP contribution in [-0.2, 0) is 11.2 Å². The zero-order chi connectivity index (χ0) is 12.4. The monoisotopic (exact) mass is 235 g/mol. The quantitative estimate of drug-likeness (QED) is 0.776. The SMILES string of the molecule is O=Cc1c(O)ccc2oc(CCC(=O)O)nc12. The van der Waals surface area contributed by atoms with E-state index in [0.717, 1.165) is 0 Å². The molecule has 0 aliphatic carbocycles. The molecule has 2 rings (SSSR count). The number of aliphatic carboxylic acids is 1. The second kappa shape index (κ2) is 4.25. The van der Waals surface area contributed by atoms with Gasteiger partial charge in [-0.25, -0.2) is 4.98 Å². The summed E-state index contributed by atoms with van der Waals surface area (Å²) in [6.45, 7) is 0. The number of benzene rings is 1. The van der Waals surface area contributed by atoms with E-state index < -0.39 is 5.97 Å². The minimum Gasteiger partial charge on any atom is -0.507 e. The number of phenols is 1. The molecule has 2 aromatic rings. The maximum Gasteiger partial charge on any atom is 0.303 e. The lowest BCUT2D eigenvalue weighted by Gasteiger charge is -1.94. The average Bonchev–Trinajstić information content (AvgIpc) is 2.69. The highest BCUT2D eigenvalue weighted by atomic mass is 16.4. The van der Waals surface area contributed by atoms with Crippen LogP contribution in [0.2, 0.25) is 0 Å². The van der Waals surface area contributed by atoms with Gasteiger partial charge in [-0.3, -0.25) is 9.59 Å². The molecule has 0 saturated heterocycles. The van der Waals surface area contributed by atoms with Crippen molar-refractivity contribution in [3.05, 3.63) is 23.6 Å². The van der Waals surface area contributed by atoms with Crippen LogP contribution >= 0.6 is 0 Å². The van der Waals surface area contributed by atoms with Gasteiger partial charge >= 0.3 is 5.97 Å². The summed E-state index contributed by atoms with van der Waals surface area (Å²) < 4.78 is 5.27. The van der Waals surface area contributed by atoms with Gasteiger partial charge in [-0.2, -0.15) is 0 Å². The molecule has 0 aliphatic rings. The summed E-state index contributed by atoms with van der Waals surface area (Å²) in [4.78, 5) is 25.2. The number of hydrogen-bond donors (Lipinski definition) is 2. The largest absolute Gasteiger partial charge is 0.507 e. The highest BCUT2D eigenvalue weighted by Crippen LogP contribution is 2.26. The van der Waals surface area contributed by atoms with Gasteiger partial charge in [0.1, 0.15) is 11.3 Å². The van der Waals surface area contributed by atoms with E-state index in [0.29, 0.717) is 11.9 Å². The Morgan fingerprint density at radius 1 is 1.47 bits per heavy atom. The number of carboxylic acids is 1. The molecule has 0 fully saturated rings. The molecule has 0 atom stereocenters. The molecule has 0 bridgehead atoms. The number of aromatic hydroxyl groups is 1. The molecule has 2 N–H and O–H groups in total. The lowest BCUT2D eigenvalue weighted by atomic mass is 10.2. The van der Waals surface area contributed by atoms with Crippen LogP contribution in [0.15, 0.2) is 16.5 Å². The van der Waals surface area contributed by atoms with E-state index in [1.165, 1.54) is 12.1 Å². The number of nitrogens with zero attached hydrogens (tertiary/aromatic N) is 1. The minimum absolute atomic E-state index is 0.0489. The smallest absolute Gasteiger partial charge is 0.303 e. The maximum atomic E-state index is 10.8. The van der Waals surface area contributed by atoms with E-state index in [1.54, 1.807) is 0 Å². The third-order valence-electron chi connectivity index (χ3n) is 2.29. The van der Waals surface area contributed by atoms with E-state index in [2.05, 4.69) is 4.98 Å². The van der Waals surface area contributed by atoms with Gasteiger partial charge in [0.15, 0.2) is 17.8 Å². The summed E-state index contributed by atoms with van der Waals surface area (Å²) >= 11 is 0. The van der Waals surface area contributed by atoms with Crippen LogP contribution in [0.3, 0.4) is 0 Å². The van der Waals surface area contributed by atoms with Crippen molar-refractivity contribution in [1.82, 2.24) is 4.98 Å². The van der Waals surface area contributed by atoms with E-state index in [-0.39, 0.29) is 35.6 Å². The van der Waals surface area contributed by atoms with Gasteiger partial charge < -0.3 is 14.6 Å². The number of hydrogen-bond acceptors (Lipinski definition) is 5. The highest BCUT2D eigenvalue weighted by molar-refractivity contribution is 5.96. The van der Waals surface area contributed by atoms with Crippen molar-refractivity contribution < 1.29 is 24.2 Å². The van der Waals surface area contributed by atoms with Crippen molar-refractivity contribution in [2.45, 2.75) is 12.8 Å². The number of aryl methyl sites for hydroxylation is 1. The van der Waals surface area contributed by atoms with Crippen molar-refractivity contribution in [1.29, 1.82) is 0 Å². The fraction of sp³-hybridized carbons (Fsp3) is 0.182. The first-order valence-electron chi connectivity index (χ1n) is 4.90. The van der Waals surface area contributed by atoms with Crippen molar-refractivity contribution in [2.24, 2.45) is 0 Å². The number of carbonyl (C=O) groups excluding carboxylic acids is 1. The van der Waals surface area contributed by atoms with E-state index in [4.69, 9.17) is 9.52 Å². The van der Waals surface area contributed by atoms with Gasteiger partial charge in [0, 0.05) is 6.42 Å². The molecule has 1 aromatic carbocycles. The minimum atomic E-state index is -0.953. The molecule has 0 unspecified atom stereocenters. The molecule has 6 heteroatoms. The lowest BCUT2D eigenvalue weighted by Crippen LogP contribution is -1.97. The van der Waals surface area contributed by atoms with Crippen molar-refractivity contribution in [3.63, 3.8) is 0 Å². The first-order valence-corrected chi connectivity index (χ1v) is 4.90. The summed E-state index contributed by atoms with van der Waals surface area (Å²) in [6, 6.07) is 2.81. The second-order valence-corrected chi connectivity index (χ2v) is 3.46.